The Kier molecular flexibility index (Phi) is 2.93. The lowest BCUT2D eigenvalue weighted by molar-refractivity contribution is 0.547. The molecule has 20 heavy (non-hydrogen) atoms. The van der Waals surface area contributed by atoms with Gasteiger partial charge in [0.25, 0.3) is 0 Å². The summed E-state index contributed by atoms with van der Waals surface area (Å²) in [6.07, 6.45) is 6.66. The molecule has 0 unspecified atom stereocenters. The van der Waals surface area contributed by atoms with Crippen LogP contribution in [0.15, 0.2) is 6.07 Å². The first-order chi connectivity index (χ1) is 9.63. The Bertz CT molecular complexity index is 610. The molecule has 1 aromatic heterocycles. The van der Waals surface area contributed by atoms with Gasteiger partial charge in [0.05, 0.1) is 17.5 Å². The van der Waals surface area contributed by atoms with Gasteiger partial charge >= 0.3 is 0 Å². The van der Waals surface area contributed by atoms with Gasteiger partial charge in [0, 0.05) is 24.1 Å². The van der Waals surface area contributed by atoms with E-state index in [-0.39, 0.29) is 5.25 Å². The van der Waals surface area contributed by atoms with Crippen LogP contribution in [0.3, 0.4) is 0 Å². The third kappa shape index (κ3) is 2.63. The minimum atomic E-state index is -3.06. The van der Waals surface area contributed by atoms with Crippen molar-refractivity contribution >= 4 is 10.0 Å². The number of aromatic nitrogens is 2. The highest BCUT2D eigenvalue weighted by molar-refractivity contribution is 7.90. The van der Waals surface area contributed by atoms with Crippen molar-refractivity contribution in [3.8, 4) is 0 Å². The van der Waals surface area contributed by atoms with E-state index in [9.17, 15) is 8.42 Å². The number of hydrogen-bond donors (Lipinski definition) is 1. The van der Waals surface area contributed by atoms with Gasteiger partial charge in [-0.1, -0.05) is 0 Å². The molecule has 4 rings (SSSR count). The topological polar surface area (TPSA) is 64.0 Å². The fraction of sp³-hybridized carbons (Fsp3) is 0.786. The van der Waals surface area contributed by atoms with E-state index in [1.165, 1.54) is 37.1 Å². The van der Waals surface area contributed by atoms with E-state index in [1.807, 2.05) is 4.68 Å². The molecular weight excluding hydrogens is 274 g/mol. The Hall–Kier alpha value is -0.880. The molecular formula is C14H21N3O2S. The lowest BCUT2D eigenvalue weighted by Crippen LogP contribution is -2.30. The quantitative estimate of drug-likeness (QED) is 0.833. The van der Waals surface area contributed by atoms with Crippen LogP contribution in [0.2, 0.25) is 0 Å². The maximum Gasteiger partial charge on any atom is 0.214 e. The summed E-state index contributed by atoms with van der Waals surface area (Å²) >= 11 is 0. The van der Waals surface area contributed by atoms with Crippen LogP contribution in [0.4, 0.5) is 0 Å². The minimum Gasteiger partial charge on any atom is -0.268 e. The Morgan fingerprint density at radius 2 is 1.85 bits per heavy atom. The molecule has 0 saturated heterocycles. The lowest BCUT2D eigenvalue weighted by atomic mass is 10.2. The average Bonchev–Trinajstić information content (AvgIpc) is 3.27. The van der Waals surface area contributed by atoms with E-state index < -0.39 is 10.0 Å². The van der Waals surface area contributed by atoms with Crippen LogP contribution in [0, 0.1) is 0 Å². The fourth-order valence-electron chi connectivity index (χ4n) is 2.71. The van der Waals surface area contributed by atoms with Crippen LogP contribution in [0.5, 0.6) is 0 Å². The van der Waals surface area contributed by atoms with Gasteiger partial charge in [-0.15, -0.1) is 0 Å². The zero-order valence-corrected chi connectivity index (χ0v) is 12.4. The molecule has 0 atom stereocenters. The van der Waals surface area contributed by atoms with Gasteiger partial charge < -0.3 is 0 Å². The van der Waals surface area contributed by atoms with Gasteiger partial charge in [0.2, 0.25) is 10.0 Å². The highest BCUT2D eigenvalue weighted by Crippen LogP contribution is 2.44. The molecule has 3 fully saturated rings. The van der Waals surface area contributed by atoms with Gasteiger partial charge in [0.1, 0.15) is 0 Å². The molecule has 110 valence electrons. The summed E-state index contributed by atoms with van der Waals surface area (Å²) in [4.78, 5) is 0. The van der Waals surface area contributed by atoms with E-state index >= 15 is 0 Å². The molecule has 1 N–H and O–H groups in total. The molecule has 5 nitrogen and oxygen atoms in total. The second kappa shape index (κ2) is 4.56. The van der Waals surface area contributed by atoms with E-state index in [0.717, 1.165) is 12.8 Å². The largest absolute Gasteiger partial charge is 0.268 e. The van der Waals surface area contributed by atoms with Crippen molar-refractivity contribution in [1.29, 1.82) is 0 Å². The van der Waals surface area contributed by atoms with Crippen molar-refractivity contribution in [3.63, 3.8) is 0 Å². The first-order valence-electron chi connectivity index (χ1n) is 7.69. The predicted molar refractivity (Wildman–Crippen MR) is 76.1 cm³/mol. The van der Waals surface area contributed by atoms with Gasteiger partial charge in [0.15, 0.2) is 0 Å². The highest BCUT2D eigenvalue weighted by Gasteiger charge is 2.35. The molecule has 1 heterocycles. The van der Waals surface area contributed by atoms with E-state index in [1.54, 1.807) is 0 Å². The van der Waals surface area contributed by atoms with Gasteiger partial charge in [-0.3, -0.25) is 4.68 Å². The van der Waals surface area contributed by atoms with Crippen molar-refractivity contribution in [2.45, 2.75) is 62.2 Å². The van der Waals surface area contributed by atoms with Crippen molar-refractivity contribution < 1.29 is 8.42 Å². The van der Waals surface area contributed by atoms with Crippen LogP contribution >= 0.6 is 0 Å². The second-order valence-corrected chi connectivity index (χ2v) is 8.45. The van der Waals surface area contributed by atoms with Crippen LogP contribution in [-0.2, 0) is 16.6 Å². The van der Waals surface area contributed by atoms with Crippen LogP contribution in [0.1, 0.15) is 61.7 Å². The lowest BCUT2D eigenvalue weighted by Gasteiger charge is -2.08. The third-order valence-corrected chi connectivity index (χ3v) is 6.37. The summed E-state index contributed by atoms with van der Waals surface area (Å²) in [6.45, 7) is 1.12. The maximum absolute atomic E-state index is 11.8. The van der Waals surface area contributed by atoms with Crippen LogP contribution in [0.25, 0.3) is 0 Å². The number of nitrogens with one attached hydrogen (secondary N) is 1. The third-order valence-electron chi connectivity index (χ3n) is 4.41. The summed E-state index contributed by atoms with van der Waals surface area (Å²) < 4.78 is 28.4. The molecule has 0 radical (unpaired) electrons. The van der Waals surface area contributed by atoms with Crippen LogP contribution < -0.4 is 4.72 Å². The van der Waals surface area contributed by atoms with E-state index in [4.69, 9.17) is 5.10 Å². The maximum atomic E-state index is 11.8. The first-order valence-corrected chi connectivity index (χ1v) is 9.24. The van der Waals surface area contributed by atoms with Crippen molar-refractivity contribution in [3.05, 3.63) is 17.5 Å². The number of rotatable bonds is 7. The SMILES string of the molecule is O=S(=O)(NCCn1nc(C2CC2)cc1C1CC1)C1CC1. The molecule has 3 saturated carbocycles. The minimum absolute atomic E-state index is 0.134. The van der Waals surface area contributed by atoms with Gasteiger partial charge in [-0.05, 0) is 44.6 Å². The normalized spacial score (nSPS) is 23.2. The molecule has 1 aromatic rings. The molecule has 6 heteroatoms. The number of nitrogens with zero attached hydrogens (tertiary/aromatic N) is 2. The van der Waals surface area contributed by atoms with Crippen LogP contribution in [-0.4, -0.2) is 30.0 Å². The molecule has 0 spiro atoms. The molecule has 0 aromatic carbocycles. The van der Waals surface area contributed by atoms with Crippen molar-refractivity contribution in [2.75, 3.05) is 6.54 Å². The Morgan fingerprint density at radius 3 is 2.45 bits per heavy atom. The average molecular weight is 295 g/mol. The van der Waals surface area contributed by atoms with E-state index in [2.05, 4.69) is 10.8 Å². The Balaban J connectivity index is 1.42. The molecule has 0 bridgehead atoms. The number of hydrogen-bond acceptors (Lipinski definition) is 3. The summed E-state index contributed by atoms with van der Waals surface area (Å²) in [6, 6.07) is 2.25. The van der Waals surface area contributed by atoms with Gasteiger partial charge in [-0.2, -0.15) is 5.10 Å². The summed E-state index contributed by atoms with van der Waals surface area (Å²) in [7, 11) is -3.06. The standard InChI is InChI=1S/C14H21N3O2S/c18-20(19,12-5-6-12)15-7-8-17-14(11-3-4-11)9-13(16-17)10-1-2-10/h9-12,15H,1-8H2. The second-order valence-electron chi connectivity index (χ2n) is 6.40. The molecule has 3 aliphatic carbocycles. The van der Waals surface area contributed by atoms with Crippen molar-refractivity contribution in [2.24, 2.45) is 0 Å². The van der Waals surface area contributed by atoms with Gasteiger partial charge in [-0.25, -0.2) is 13.1 Å². The summed E-state index contributed by atoms with van der Waals surface area (Å²) in [5.41, 5.74) is 2.54. The summed E-state index contributed by atoms with van der Waals surface area (Å²) in [5, 5.41) is 4.56. The molecule has 0 aliphatic heterocycles. The monoisotopic (exact) mass is 295 g/mol. The smallest absolute Gasteiger partial charge is 0.214 e. The zero-order valence-electron chi connectivity index (χ0n) is 11.6. The van der Waals surface area contributed by atoms with Crippen molar-refractivity contribution in [1.82, 2.24) is 14.5 Å². The number of sulfonamides is 1. The first kappa shape index (κ1) is 12.8. The fourth-order valence-corrected chi connectivity index (χ4v) is 4.08. The Labute approximate surface area is 119 Å². The predicted octanol–water partition coefficient (Wildman–Crippen LogP) is 1.72. The van der Waals surface area contributed by atoms with E-state index in [0.29, 0.717) is 24.9 Å². The molecule has 3 aliphatic rings. The highest BCUT2D eigenvalue weighted by atomic mass is 32.2. The zero-order chi connectivity index (χ0) is 13.7. The molecule has 0 amide bonds. The Morgan fingerprint density at radius 1 is 1.15 bits per heavy atom. The summed E-state index contributed by atoms with van der Waals surface area (Å²) in [5.74, 6) is 1.33.